The molecule has 2 atom stereocenters. The summed E-state index contributed by atoms with van der Waals surface area (Å²) < 4.78 is 0. The van der Waals surface area contributed by atoms with E-state index in [2.05, 4.69) is 5.32 Å². The number of hydrogen-bond acceptors (Lipinski definition) is 2. The molecule has 1 aromatic rings. The normalized spacial score (nSPS) is 20.1. The second-order valence-corrected chi connectivity index (χ2v) is 5.57. The van der Waals surface area contributed by atoms with Gasteiger partial charge in [-0.25, -0.2) is 0 Å². The number of nitrogens with one attached hydrogen (secondary N) is 1. The van der Waals surface area contributed by atoms with Crippen molar-refractivity contribution in [1.82, 2.24) is 5.32 Å². The minimum atomic E-state index is -0.581. The quantitative estimate of drug-likeness (QED) is 0.868. The molecule has 1 aliphatic rings. The number of anilines is 1. The second kappa shape index (κ2) is 6.27. The molecule has 0 saturated carbocycles. The molecule has 0 unspecified atom stereocenters. The van der Waals surface area contributed by atoms with Crippen molar-refractivity contribution in [2.75, 3.05) is 11.4 Å². The van der Waals surface area contributed by atoms with Gasteiger partial charge in [0.15, 0.2) is 0 Å². The van der Waals surface area contributed by atoms with E-state index in [1.54, 1.807) is 23.1 Å². The molecule has 2 rings (SSSR count). The molecule has 0 aliphatic carbocycles. The number of amides is 2. The summed E-state index contributed by atoms with van der Waals surface area (Å²) in [5.74, 6) is -0.898. The molecule has 2 amide bonds. The van der Waals surface area contributed by atoms with Crippen molar-refractivity contribution in [3.05, 3.63) is 29.3 Å². The van der Waals surface area contributed by atoms with Gasteiger partial charge >= 0.3 is 0 Å². The average Bonchev–Trinajstić information content (AvgIpc) is 2.80. The number of carbonyl (C=O) groups excluding carboxylic acids is 2. The first-order chi connectivity index (χ1) is 9.52. The van der Waals surface area contributed by atoms with Gasteiger partial charge in [0.05, 0.1) is 0 Å². The average molecular weight is 295 g/mol. The standard InChI is InChI=1S/C15H19ClN2O2/c1-3-10(2)17-14(19)13-7-8-18(15(13)20)12-6-4-5-11(16)9-12/h4-6,9-10,13H,3,7-8H2,1-2H3,(H,17,19)/t10-,13-/m1/s1. The first-order valence-corrected chi connectivity index (χ1v) is 7.28. The highest BCUT2D eigenvalue weighted by atomic mass is 35.5. The lowest BCUT2D eigenvalue weighted by atomic mass is 10.1. The van der Waals surface area contributed by atoms with Gasteiger partial charge in [0.25, 0.3) is 0 Å². The molecule has 0 bridgehead atoms. The molecular weight excluding hydrogens is 276 g/mol. The Balaban J connectivity index is 2.08. The molecule has 1 aromatic carbocycles. The molecule has 108 valence electrons. The van der Waals surface area contributed by atoms with Gasteiger partial charge in [-0.05, 0) is 38.0 Å². The lowest BCUT2D eigenvalue weighted by Gasteiger charge is -2.18. The fraction of sp³-hybridized carbons (Fsp3) is 0.467. The van der Waals surface area contributed by atoms with Crippen LogP contribution < -0.4 is 10.2 Å². The van der Waals surface area contributed by atoms with Crippen LogP contribution in [-0.4, -0.2) is 24.4 Å². The molecule has 1 saturated heterocycles. The van der Waals surface area contributed by atoms with E-state index in [4.69, 9.17) is 11.6 Å². The zero-order valence-electron chi connectivity index (χ0n) is 11.7. The van der Waals surface area contributed by atoms with Gasteiger partial charge in [-0.2, -0.15) is 0 Å². The van der Waals surface area contributed by atoms with Crippen molar-refractivity contribution >= 4 is 29.1 Å². The van der Waals surface area contributed by atoms with Gasteiger partial charge in [0.1, 0.15) is 5.92 Å². The number of carbonyl (C=O) groups is 2. The van der Waals surface area contributed by atoms with E-state index in [9.17, 15) is 9.59 Å². The Morgan fingerprint density at radius 3 is 2.95 bits per heavy atom. The number of rotatable bonds is 4. The number of halogens is 1. The topological polar surface area (TPSA) is 49.4 Å². The molecule has 1 N–H and O–H groups in total. The highest BCUT2D eigenvalue weighted by molar-refractivity contribution is 6.31. The van der Waals surface area contributed by atoms with Gasteiger partial charge in [0, 0.05) is 23.3 Å². The monoisotopic (exact) mass is 294 g/mol. The number of hydrogen-bond donors (Lipinski definition) is 1. The fourth-order valence-electron chi connectivity index (χ4n) is 2.27. The maximum atomic E-state index is 12.4. The van der Waals surface area contributed by atoms with Crippen molar-refractivity contribution in [3.8, 4) is 0 Å². The third kappa shape index (κ3) is 3.12. The smallest absolute Gasteiger partial charge is 0.239 e. The molecule has 0 spiro atoms. The van der Waals surface area contributed by atoms with Crippen LogP contribution in [0.25, 0.3) is 0 Å². The Morgan fingerprint density at radius 1 is 1.55 bits per heavy atom. The Morgan fingerprint density at radius 2 is 2.30 bits per heavy atom. The summed E-state index contributed by atoms with van der Waals surface area (Å²) in [5.41, 5.74) is 0.751. The van der Waals surface area contributed by atoms with Crippen LogP contribution >= 0.6 is 11.6 Å². The number of benzene rings is 1. The van der Waals surface area contributed by atoms with Crippen LogP contribution in [0.4, 0.5) is 5.69 Å². The van der Waals surface area contributed by atoms with Crippen molar-refractivity contribution in [2.24, 2.45) is 5.92 Å². The van der Waals surface area contributed by atoms with E-state index in [-0.39, 0.29) is 17.9 Å². The van der Waals surface area contributed by atoms with E-state index in [0.29, 0.717) is 18.0 Å². The van der Waals surface area contributed by atoms with Crippen LogP contribution in [0.2, 0.25) is 5.02 Å². The molecule has 1 fully saturated rings. The zero-order chi connectivity index (χ0) is 14.7. The van der Waals surface area contributed by atoms with Crippen LogP contribution in [-0.2, 0) is 9.59 Å². The first kappa shape index (κ1) is 14.9. The maximum Gasteiger partial charge on any atom is 0.239 e. The van der Waals surface area contributed by atoms with Crippen LogP contribution in [0, 0.1) is 5.92 Å². The summed E-state index contributed by atoms with van der Waals surface area (Å²) in [5, 5.41) is 3.46. The van der Waals surface area contributed by atoms with E-state index >= 15 is 0 Å². The largest absolute Gasteiger partial charge is 0.353 e. The highest BCUT2D eigenvalue weighted by Gasteiger charge is 2.37. The molecular formula is C15H19ClN2O2. The van der Waals surface area contributed by atoms with E-state index in [0.717, 1.165) is 12.1 Å². The molecule has 4 nitrogen and oxygen atoms in total. The van der Waals surface area contributed by atoms with Gasteiger partial charge < -0.3 is 10.2 Å². The van der Waals surface area contributed by atoms with E-state index < -0.39 is 5.92 Å². The number of nitrogens with zero attached hydrogens (tertiary/aromatic N) is 1. The van der Waals surface area contributed by atoms with Gasteiger partial charge in [-0.1, -0.05) is 24.6 Å². The van der Waals surface area contributed by atoms with Gasteiger partial charge in [-0.3, -0.25) is 9.59 Å². The summed E-state index contributed by atoms with van der Waals surface area (Å²) in [4.78, 5) is 26.1. The molecule has 5 heteroatoms. The summed E-state index contributed by atoms with van der Waals surface area (Å²) in [7, 11) is 0. The van der Waals surface area contributed by atoms with Crippen LogP contribution in [0.5, 0.6) is 0 Å². The third-order valence-electron chi connectivity index (χ3n) is 3.64. The molecule has 1 heterocycles. The van der Waals surface area contributed by atoms with Crippen molar-refractivity contribution in [1.29, 1.82) is 0 Å². The lowest BCUT2D eigenvalue weighted by Crippen LogP contribution is -2.40. The van der Waals surface area contributed by atoms with Crippen LogP contribution in [0.15, 0.2) is 24.3 Å². The summed E-state index contributed by atoms with van der Waals surface area (Å²) in [6, 6.07) is 7.24. The SMILES string of the molecule is CC[C@@H](C)NC(=O)[C@H]1CCN(c2cccc(Cl)c2)C1=O. The second-order valence-electron chi connectivity index (χ2n) is 5.13. The predicted molar refractivity (Wildman–Crippen MR) is 79.8 cm³/mol. The van der Waals surface area contributed by atoms with Crippen molar-refractivity contribution in [3.63, 3.8) is 0 Å². The Hall–Kier alpha value is -1.55. The maximum absolute atomic E-state index is 12.4. The van der Waals surface area contributed by atoms with Crippen molar-refractivity contribution < 1.29 is 9.59 Å². The zero-order valence-corrected chi connectivity index (χ0v) is 12.5. The minimum absolute atomic E-state index is 0.0931. The Labute approximate surface area is 124 Å². The van der Waals surface area contributed by atoms with Crippen molar-refractivity contribution in [2.45, 2.75) is 32.7 Å². The summed E-state index contributed by atoms with van der Waals surface area (Å²) in [6.45, 7) is 4.49. The third-order valence-corrected chi connectivity index (χ3v) is 3.88. The fourth-order valence-corrected chi connectivity index (χ4v) is 2.45. The molecule has 0 aromatic heterocycles. The summed E-state index contributed by atoms with van der Waals surface area (Å²) >= 11 is 5.94. The predicted octanol–water partition coefficient (Wildman–Crippen LogP) is 2.61. The van der Waals surface area contributed by atoms with Crippen LogP contribution in [0.1, 0.15) is 26.7 Å². The highest BCUT2D eigenvalue weighted by Crippen LogP contribution is 2.27. The van der Waals surface area contributed by atoms with Gasteiger partial charge in [-0.15, -0.1) is 0 Å². The van der Waals surface area contributed by atoms with Crippen LogP contribution in [0.3, 0.4) is 0 Å². The van der Waals surface area contributed by atoms with E-state index in [1.807, 2.05) is 19.9 Å². The summed E-state index contributed by atoms with van der Waals surface area (Å²) in [6.07, 6.45) is 1.40. The molecule has 1 aliphatic heterocycles. The molecule has 0 radical (unpaired) electrons. The first-order valence-electron chi connectivity index (χ1n) is 6.90. The minimum Gasteiger partial charge on any atom is -0.353 e. The Kier molecular flexibility index (Phi) is 4.65. The van der Waals surface area contributed by atoms with E-state index in [1.165, 1.54) is 0 Å². The Bertz CT molecular complexity index is 518. The molecule has 20 heavy (non-hydrogen) atoms. The lowest BCUT2D eigenvalue weighted by molar-refractivity contribution is -0.132. The van der Waals surface area contributed by atoms with Gasteiger partial charge in [0.2, 0.25) is 11.8 Å².